The highest BCUT2D eigenvalue weighted by Crippen LogP contribution is 2.17. The average Bonchev–Trinajstić information content (AvgIpc) is 2.52. The molecular weight excluding hydrogens is 302 g/mol. The highest BCUT2D eigenvalue weighted by Gasteiger charge is 2.15. The fourth-order valence-corrected chi connectivity index (χ4v) is 2.79. The van der Waals surface area contributed by atoms with Gasteiger partial charge < -0.3 is 16.0 Å². The Balaban J connectivity index is 1.63. The standard InChI is InChI=1S/C16H22ClN3O2/c17-13-6-4-5-12(9-13)10-18-16(22)19-11-15(21)20-14-7-2-1-3-8-14/h4-6,9,14H,1-3,7-8,10-11H2,(H,20,21)(H2,18,19,22). The van der Waals surface area contributed by atoms with Gasteiger partial charge in [-0.3, -0.25) is 4.79 Å². The molecule has 3 N–H and O–H groups in total. The Kier molecular flexibility index (Phi) is 6.52. The minimum atomic E-state index is -0.362. The van der Waals surface area contributed by atoms with E-state index in [1.54, 1.807) is 12.1 Å². The van der Waals surface area contributed by atoms with Gasteiger partial charge in [0.25, 0.3) is 0 Å². The maximum absolute atomic E-state index is 11.8. The minimum Gasteiger partial charge on any atom is -0.352 e. The summed E-state index contributed by atoms with van der Waals surface area (Å²) in [5.74, 6) is -0.134. The molecule has 3 amide bonds. The van der Waals surface area contributed by atoms with Gasteiger partial charge in [0, 0.05) is 17.6 Å². The molecule has 0 atom stereocenters. The maximum atomic E-state index is 11.8. The number of carbonyl (C=O) groups excluding carboxylic acids is 2. The first kappa shape index (κ1) is 16.6. The fraction of sp³-hybridized carbons (Fsp3) is 0.500. The summed E-state index contributed by atoms with van der Waals surface area (Å²) >= 11 is 5.87. The van der Waals surface area contributed by atoms with Crippen LogP contribution in [0.3, 0.4) is 0 Å². The molecule has 1 saturated carbocycles. The first-order valence-corrected chi connectivity index (χ1v) is 8.07. The second kappa shape index (κ2) is 8.63. The molecule has 0 radical (unpaired) electrons. The van der Waals surface area contributed by atoms with E-state index in [2.05, 4.69) is 16.0 Å². The molecule has 22 heavy (non-hydrogen) atoms. The van der Waals surface area contributed by atoms with E-state index in [-0.39, 0.29) is 24.5 Å². The molecule has 1 fully saturated rings. The third kappa shape index (κ3) is 5.93. The minimum absolute atomic E-state index is 0.00210. The number of urea groups is 1. The van der Waals surface area contributed by atoms with Crippen molar-refractivity contribution in [2.24, 2.45) is 0 Å². The van der Waals surface area contributed by atoms with Gasteiger partial charge in [0.05, 0.1) is 6.54 Å². The predicted octanol–water partition coefficient (Wildman–Crippen LogP) is 2.59. The van der Waals surface area contributed by atoms with Crippen molar-refractivity contribution in [3.63, 3.8) is 0 Å². The van der Waals surface area contributed by atoms with Crippen LogP contribution >= 0.6 is 11.6 Å². The smallest absolute Gasteiger partial charge is 0.315 e. The quantitative estimate of drug-likeness (QED) is 0.779. The van der Waals surface area contributed by atoms with Crippen molar-refractivity contribution < 1.29 is 9.59 Å². The zero-order chi connectivity index (χ0) is 15.8. The Bertz CT molecular complexity index is 516. The van der Waals surface area contributed by atoms with Crippen molar-refractivity contribution in [3.8, 4) is 0 Å². The van der Waals surface area contributed by atoms with Gasteiger partial charge in [0.2, 0.25) is 5.91 Å². The predicted molar refractivity (Wildman–Crippen MR) is 86.7 cm³/mol. The SMILES string of the molecule is O=C(CNC(=O)NCc1cccc(Cl)c1)NC1CCCCC1. The van der Waals surface area contributed by atoms with E-state index < -0.39 is 0 Å². The monoisotopic (exact) mass is 323 g/mol. The van der Waals surface area contributed by atoms with Gasteiger partial charge in [0.15, 0.2) is 0 Å². The molecule has 0 aliphatic heterocycles. The Morgan fingerprint density at radius 3 is 2.64 bits per heavy atom. The lowest BCUT2D eigenvalue weighted by molar-refractivity contribution is -0.121. The highest BCUT2D eigenvalue weighted by atomic mass is 35.5. The van der Waals surface area contributed by atoms with Crippen LogP contribution in [0.4, 0.5) is 4.79 Å². The van der Waals surface area contributed by atoms with Crippen molar-refractivity contribution in [2.75, 3.05) is 6.54 Å². The van der Waals surface area contributed by atoms with E-state index in [1.807, 2.05) is 12.1 Å². The number of amides is 3. The number of hydrogen-bond acceptors (Lipinski definition) is 2. The van der Waals surface area contributed by atoms with Gasteiger partial charge in [-0.1, -0.05) is 43.0 Å². The molecule has 0 spiro atoms. The van der Waals surface area contributed by atoms with E-state index >= 15 is 0 Å². The van der Waals surface area contributed by atoms with Gasteiger partial charge in [-0.15, -0.1) is 0 Å². The van der Waals surface area contributed by atoms with Gasteiger partial charge >= 0.3 is 6.03 Å². The Labute approximate surface area is 135 Å². The third-order valence-corrected chi connectivity index (χ3v) is 3.96. The molecule has 6 heteroatoms. The summed E-state index contributed by atoms with van der Waals surface area (Å²) in [6.07, 6.45) is 5.65. The van der Waals surface area contributed by atoms with E-state index in [0.29, 0.717) is 11.6 Å². The van der Waals surface area contributed by atoms with E-state index in [0.717, 1.165) is 18.4 Å². The molecule has 1 aromatic carbocycles. The lowest BCUT2D eigenvalue weighted by Gasteiger charge is -2.22. The summed E-state index contributed by atoms with van der Waals surface area (Å²) in [5.41, 5.74) is 0.911. The average molecular weight is 324 g/mol. The van der Waals surface area contributed by atoms with Crippen molar-refractivity contribution >= 4 is 23.5 Å². The normalized spacial score (nSPS) is 15.1. The highest BCUT2D eigenvalue weighted by molar-refractivity contribution is 6.30. The summed E-state index contributed by atoms with van der Waals surface area (Å²) in [7, 11) is 0. The second-order valence-corrected chi connectivity index (χ2v) is 6.01. The zero-order valence-electron chi connectivity index (χ0n) is 12.5. The molecule has 5 nitrogen and oxygen atoms in total. The van der Waals surface area contributed by atoms with E-state index in [4.69, 9.17) is 11.6 Å². The summed E-state index contributed by atoms with van der Waals surface area (Å²) in [4.78, 5) is 23.4. The van der Waals surface area contributed by atoms with Crippen LogP contribution in [-0.4, -0.2) is 24.5 Å². The molecule has 0 bridgehead atoms. The summed E-state index contributed by atoms with van der Waals surface area (Å²) in [6.45, 7) is 0.370. The first-order chi connectivity index (χ1) is 10.6. The van der Waals surface area contributed by atoms with Crippen LogP contribution in [0.15, 0.2) is 24.3 Å². The molecule has 0 unspecified atom stereocenters. The Morgan fingerprint density at radius 2 is 1.91 bits per heavy atom. The maximum Gasteiger partial charge on any atom is 0.315 e. The summed E-state index contributed by atoms with van der Waals surface area (Å²) in [5, 5.41) is 8.85. The molecule has 0 aromatic heterocycles. The van der Waals surface area contributed by atoms with Crippen LogP contribution in [0.1, 0.15) is 37.7 Å². The van der Waals surface area contributed by atoms with Crippen LogP contribution < -0.4 is 16.0 Å². The Morgan fingerprint density at radius 1 is 1.14 bits per heavy atom. The third-order valence-electron chi connectivity index (χ3n) is 3.72. The number of rotatable bonds is 5. The molecule has 1 aromatic rings. The van der Waals surface area contributed by atoms with Crippen molar-refractivity contribution in [1.29, 1.82) is 0 Å². The number of carbonyl (C=O) groups is 2. The van der Waals surface area contributed by atoms with Crippen molar-refractivity contribution in [2.45, 2.75) is 44.7 Å². The van der Waals surface area contributed by atoms with E-state index in [1.165, 1.54) is 19.3 Å². The van der Waals surface area contributed by atoms with Gasteiger partial charge in [-0.05, 0) is 30.5 Å². The van der Waals surface area contributed by atoms with Crippen LogP contribution in [0.2, 0.25) is 5.02 Å². The van der Waals surface area contributed by atoms with Gasteiger partial charge in [0.1, 0.15) is 0 Å². The number of hydrogen-bond donors (Lipinski definition) is 3. The van der Waals surface area contributed by atoms with Crippen LogP contribution in [-0.2, 0) is 11.3 Å². The zero-order valence-corrected chi connectivity index (χ0v) is 13.3. The van der Waals surface area contributed by atoms with Crippen molar-refractivity contribution in [3.05, 3.63) is 34.9 Å². The van der Waals surface area contributed by atoms with Crippen molar-refractivity contribution in [1.82, 2.24) is 16.0 Å². The molecule has 0 heterocycles. The van der Waals surface area contributed by atoms with Crippen LogP contribution in [0.25, 0.3) is 0 Å². The lowest BCUT2D eigenvalue weighted by atomic mass is 9.95. The lowest BCUT2D eigenvalue weighted by Crippen LogP contribution is -2.45. The molecule has 2 rings (SSSR count). The second-order valence-electron chi connectivity index (χ2n) is 5.57. The molecule has 0 saturated heterocycles. The topological polar surface area (TPSA) is 70.2 Å². The fourth-order valence-electron chi connectivity index (χ4n) is 2.58. The van der Waals surface area contributed by atoms with Crippen LogP contribution in [0, 0.1) is 0 Å². The summed E-state index contributed by atoms with van der Waals surface area (Å²) < 4.78 is 0. The number of halogens is 1. The largest absolute Gasteiger partial charge is 0.352 e. The molecule has 1 aliphatic rings. The van der Waals surface area contributed by atoms with Crippen LogP contribution in [0.5, 0.6) is 0 Å². The molecule has 120 valence electrons. The molecular formula is C16H22ClN3O2. The Hall–Kier alpha value is -1.75. The first-order valence-electron chi connectivity index (χ1n) is 7.69. The molecule has 1 aliphatic carbocycles. The number of nitrogens with one attached hydrogen (secondary N) is 3. The summed E-state index contributed by atoms with van der Waals surface area (Å²) in [6, 6.07) is 7.17. The van der Waals surface area contributed by atoms with Gasteiger partial charge in [-0.2, -0.15) is 0 Å². The van der Waals surface area contributed by atoms with E-state index in [9.17, 15) is 9.59 Å². The number of benzene rings is 1. The van der Waals surface area contributed by atoms with Gasteiger partial charge in [-0.25, -0.2) is 4.79 Å².